The second-order valence-electron chi connectivity index (χ2n) is 9.17. The molecule has 0 radical (unpaired) electrons. The van der Waals surface area contributed by atoms with E-state index in [0.717, 1.165) is 17.0 Å². The Bertz CT molecular complexity index is 962. The lowest BCUT2D eigenvalue weighted by Gasteiger charge is -2.38. The lowest BCUT2D eigenvalue weighted by atomic mass is 9.88. The summed E-state index contributed by atoms with van der Waals surface area (Å²) in [5.74, 6) is 0.988. The SMILES string of the molecule is CC1(Cn2nc(-c3cnc(N)c(Cl)c3)cc2[C@H]2[C@@H]3CN(CC(F)(F)F)C[C@@H]32)COC1. The number of fused-ring (bicyclic) bond motifs is 1. The number of nitrogens with two attached hydrogens (primary N) is 1. The zero-order chi connectivity index (χ0) is 21.3. The van der Waals surface area contributed by atoms with Crippen LogP contribution in [0.1, 0.15) is 18.5 Å². The van der Waals surface area contributed by atoms with Crippen LogP contribution < -0.4 is 5.73 Å². The molecule has 30 heavy (non-hydrogen) atoms. The van der Waals surface area contributed by atoms with Gasteiger partial charge in [-0.25, -0.2) is 4.98 Å². The number of pyridine rings is 1. The minimum Gasteiger partial charge on any atom is -0.382 e. The highest BCUT2D eigenvalue weighted by Gasteiger charge is 2.58. The van der Waals surface area contributed by atoms with Crippen LogP contribution in [0.15, 0.2) is 18.3 Å². The smallest absolute Gasteiger partial charge is 0.382 e. The van der Waals surface area contributed by atoms with Crippen molar-refractivity contribution in [1.29, 1.82) is 0 Å². The minimum atomic E-state index is -4.15. The molecule has 0 amide bonds. The van der Waals surface area contributed by atoms with Crippen molar-refractivity contribution in [2.75, 3.05) is 38.6 Å². The summed E-state index contributed by atoms with van der Waals surface area (Å²) in [6, 6.07) is 3.77. The van der Waals surface area contributed by atoms with Crippen LogP contribution in [-0.2, 0) is 11.3 Å². The van der Waals surface area contributed by atoms with Crippen molar-refractivity contribution in [2.45, 2.75) is 25.6 Å². The first kappa shape index (κ1) is 20.1. The van der Waals surface area contributed by atoms with Gasteiger partial charge in [-0.05, 0) is 24.0 Å². The number of piperidine rings is 1. The number of hydrogen-bond donors (Lipinski definition) is 1. The fourth-order valence-electron chi connectivity index (χ4n) is 4.89. The topological polar surface area (TPSA) is 69.2 Å². The van der Waals surface area contributed by atoms with Crippen molar-refractivity contribution in [3.63, 3.8) is 0 Å². The maximum Gasteiger partial charge on any atom is 0.401 e. The third-order valence-corrected chi connectivity index (χ3v) is 6.73. The molecule has 2 N–H and O–H groups in total. The number of ether oxygens (including phenoxy) is 1. The van der Waals surface area contributed by atoms with Gasteiger partial charge >= 0.3 is 6.18 Å². The van der Waals surface area contributed by atoms with Crippen LogP contribution in [0.2, 0.25) is 5.02 Å². The number of alkyl halides is 3. The Morgan fingerprint density at radius 3 is 2.53 bits per heavy atom. The summed E-state index contributed by atoms with van der Waals surface area (Å²) in [6.07, 6.45) is -2.51. The Kier molecular flexibility index (Phi) is 4.57. The van der Waals surface area contributed by atoms with Crippen LogP contribution in [-0.4, -0.2) is 58.7 Å². The van der Waals surface area contributed by atoms with Gasteiger partial charge in [0.25, 0.3) is 0 Å². The van der Waals surface area contributed by atoms with Gasteiger partial charge in [-0.1, -0.05) is 18.5 Å². The Morgan fingerprint density at radius 1 is 1.27 bits per heavy atom. The number of rotatable bonds is 5. The van der Waals surface area contributed by atoms with E-state index in [9.17, 15) is 13.2 Å². The van der Waals surface area contributed by atoms with E-state index in [1.54, 1.807) is 12.3 Å². The van der Waals surface area contributed by atoms with E-state index in [1.807, 2.05) is 10.7 Å². The summed E-state index contributed by atoms with van der Waals surface area (Å²) < 4.78 is 45.6. The Hall–Kier alpha value is -1.84. The van der Waals surface area contributed by atoms with Crippen molar-refractivity contribution in [3.8, 4) is 11.3 Å². The molecule has 2 aliphatic heterocycles. The number of nitrogens with zero attached hydrogens (tertiary/aromatic N) is 4. The lowest BCUT2D eigenvalue weighted by Crippen LogP contribution is -2.43. The normalized spacial score (nSPS) is 27.7. The molecule has 10 heteroatoms. The minimum absolute atomic E-state index is 0.0152. The fourth-order valence-corrected chi connectivity index (χ4v) is 5.06. The molecular formula is C20H23ClF3N5O. The fraction of sp³-hybridized carbons (Fsp3) is 0.600. The Morgan fingerprint density at radius 2 is 1.97 bits per heavy atom. The van der Waals surface area contributed by atoms with E-state index < -0.39 is 12.7 Å². The number of halogens is 4. The molecule has 3 fully saturated rings. The highest BCUT2D eigenvalue weighted by atomic mass is 35.5. The zero-order valence-electron chi connectivity index (χ0n) is 16.5. The molecule has 3 atom stereocenters. The summed E-state index contributed by atoms with van der Waals surface area (Å²) >= 11 is 6.13. The lowest BCUT2D eigenvalue weighted by molar-refractivity contribution is -0.144. The molecule has 0 unspecified atom stereocenters. The van der Waals surface area contributed by atoms with Gasteiger partial charge in [0.2, 0.25) is 0 Å². The molecule has 2 aromatic rings. The summed E-state index contributed by atoms with van der Waals surface area (Å²) in [6.45, 7) is 4.34. The van der Waals surface area contributed by atoms with Crippen LogP contribution in [0, 0.1) is 17.3 Å². The maximum atomic E-state index is 12.7. The van der Waals surface area contributed by atoms with Crippen molar-refractivity contribution in [2.24, 2.45) is 17.3 Å². The second kappa shape index (κ2) is 6.83. The number of nitrogen functional groups attached to an aromatic ring is 1. The van der Waals surface area contributed by atoms with Gasteiger partial charge in [-0.15, -0.1) is 0 Å². The number of likely N-dealkylation sites (tertiary alicyclic amines) is 1. The van der Waals surface area contributed by atoms with Crippen LogP contribution in [0.3, 0.4) is 0 Å². The molecule has 5 rings (SSSR count). The average molecular weight is 442 g/mol. The molecule has 0 aromatic carbocycles. The molecule has 3 aliphatic rings. The standard InChI is InChI=1S/C20H23ClF3N5O/c1-19(9-30-10-19)7-29-16(3-15(27-29)11-2-14(21)18(25)26-4-11)17-12-5-28(6-13(12)17)8-20(22,23)24/h2-4,12-13,17H,5-10H2,1H3,(H2,25,26)/t12-,13+,17+. The predicted octanol–water partition coefficient (Wildman–Crippen LogP) is 3.42. The molecular weight excluding hydrogens is 419 g/mol. The van der Waals surface area contributed by atoms with Gasteiger partial charge in [0.1, 0.15) is 5.82 Å². The quantitative estimate of drug-likeness (QED) is 0.770. The monoisotopic (exact) mass is 441 g/mol. The summed E-state index contributed by atoms with van der Waals surface area (Å²) in [7, 11) is 0. The van der Waals surface area contributed by atoms with Gasteiger partial charge in [-0.2, -0.15) is 18.3 Å². The molecule has 4 heterocycles. The van der Waals surface area contributed by atoms with Crippen LogP contribution in [0.25, 0.3) is 11.3 Å². The summed E-state index contributed by atoms with van der Waals surface area (Å²) in [5, 5.41) is 5.18. The van der Waals surface area contributed by atoms with Gasteiger partial charge < -0.3 is 10.5 Å². The number of anilines is 1. The largest absolute Gasteiger partial charge is 0.401 e. The first-order valence-corrected chi connectivity index (χ1v) is 10.4. The molecule has 1 aliphatic carbocycles. The van der Waals surface area contributed by atoms with E-state index in [2.05, 4.69) is 11.9 Å². The predicted molar refractivity (Wildman–Crippen MR) is 106 cm³/mol. The highest BCUT2D eigenvalue weighted by molar-refractivity contribution is 6.33. The zero-order valence-corrected chi connectivity index (χ0v) is 17.2. The molecule has 2 aromatic heterocycles. The van der Waals surface area contributed by atoms with E-state index in [0.29, 0.717) is 37.9 Å². The Labute approximate surface area is 177 Å². The number of aromatic nitrogens is 3. The molecule has 1 saturated carbocycles. The van der Waals surface area contributed by atoms with Crippen LogP contribution in [0.4, 0.5) is 19.0 Å². The van der Waals surface area contributed by atoms with E-state index in [-0.39, 0.29) is 29.0 Å². The molecule has 6 nitrogen and oxygen atoms in total. The van der Waals surface area contributed by atoms with Crippen molar-refractivity contribution in [3.05, 3.63) is 29.0 Å². The van der Waals surface area contributed by atoms with E-state index in [1.165, 1.54) is 4.90 Å². The maximum absolute atomic E-state index is 12.7. The molecule has 2 saturated heterocycles. The highest BCUT2D eigenvalue weighted by Crippen LogP contribution is 2.59. The van der Waals surface area contributed by atoms with Gasteiger partial charge in [0, 0.05) is 41.9 Å². The van der Waals surface area contributed by atoms with Crippen molar-refractivity contribution < 1.29 is 17.9 Å². The third-order valence-electron chi connectivity index (χ3n) is 6.42. The molecule has 0 spiro atoms. The van der Waals surface area contributed by atoms with Gasteiger partial charge in [-0.3, -0.25) is 9.58 Å². The van der Waals surface area contributed by atoms with E-state index >= 15 is 0 Å². The summed E-state index contributed by atoms with van der Waals surface area (Å²) in [4.78, 5) is 5.63. The third kappa shape index (κ3) is 3.67. The first-order valence-electron chi connectivity index (χ1n) is 9.98. The Balaban J connectivity index is 1.40. The first-order chi connectivity index (χ1) is 14.1. The van der Waals surface area contributed by atoms with Crippen LogP contribution >= 0.6 is 11.6 Å². The van der Waals surface area contributed by atoms with Gasteiger partial charge in [0.15, 0.2) is 0 Å². The molecule has 162 valence electrons. The number of hydrogen-bond acceptors (Lipinski definition) is 5. The van der Waals surface area contributed by atoms with E-state index in [4.69, 9.17) is 27.2 Å². The molecule has 0 bridgehead atoms. The second-order valence-corrected chi connectivity index (χ2v) is 9.58. The van der Waals surface area contributed by atoms with Crippen molar-refractivity contribution >= 4 is 17.4 Å². The average Bonchev–Trinajstić information content (AvgIpc) is 2.97. The van der Waals surface area contributed by atoms with Crippen molar-refractivity contribution in [1.82, 2.24) is 19.7 Å². The summed E-state index contributed by atoms with van der Waals surface area (Å²) in [5.41, 5.74) is 8.33. The van der Waals surface area contributed by atoms with Gasteiger partial charge in [0.05, 0.1) is 37.0 Å². The van der Waals surface area contributed by atoms with Crippen LogP contribution in [0.5, 0.6) is 0 Å².